The molecular weight excluding hydrogens is 415 g/mol. The molecule has 0 heterocycles. The summed E-state index contributed by atoms with van der Waals surface area (Å²) < 4.78 is 72.7. The third-order valence-corrected chi connectivity index (χ3v) is 3.65. The van der Waals surface area contributed by atoms with Crippen LogP contribution in [-0.2, 0) is 14.3 Å². The van der Waals surface area contributed by atoms with Crippen LogP contribution in [0, 0.1) is 36.0 Å². The maximum absolute atomic E-state index is 14.0. The van der Waals surface area contributed by atoms with Crippen LogP contribution in [0.3, 0.4) is 0 Å². The van der Waals surface area contributed by atoms with E-state index in [9.17, 15) is 36.6 Å². The van der Waals surface area contributed by atoms with E-state index < -0.39 is 57.9 Å². The molecule has 0 radical (unpaired) electrons. The summed E-state index contributed by atoms with van der Waals surface area (Å²) in [5.41, 5.74) is -2.30. The highest BCUT2D eigenvalue weighted by atomic mass is 19.2. The van der Waals surface area contributed by atoms with Gasteiger partial charge in [-0.15, -0.1) is 5.11 Å². The summed E-state index contributed by atoms with van der Waals surface area (Å²) in [6.07, 6.45) is 0. The molecule has 158 valence electrons. The molecule has 2 rings (SSSR count). The number of aryl methyl sites for hydroxylation is 1. The highest BCUT2D eigenvalue weighted by Gasteiger charge is 2.33. The Balaban J connectivity index is 2.72. The molecule has 0 aromatic heterocycles. The van der Waals surface area contributed by atoms with Crippen LogP contribution in [0.25, 0.3) is 5.76 Å². The SMILES string of the molecule is CCOC(=O)C(=O)/C(N=Nc1ccc(C)cc1)=C(/O)c1c(F)c(F)c(F)c(F)c1F. The smallest absolute Gasteiger partial charge is 0.381 e. The minimum Gasteiger partial charge on any atom is -0.505 e. The van der Waals surface area contributed by atoms with E-state index in [1.807, 2.05) is 0 Å². The summed E-state index contributed by atoms with van der Waals surface area (Å²) in [5, 5.41) is 17.0. The fraction of sp³-hybridized carbons (Fsp3) is 0.158. The Kier molecular flexibility index (Phi) is 6.98. The van der Waals surface area contributed by atoms with E-state index in [-0.39, 0.29) is 12.3 Å². The van der Waals surface area contributed by atoms with Crippen LogP contribution in [0.2, 0.25) is 0 Å². The predicted molar refractivity (Wildman–Crippen MR) is 93.1 cm³/mol. The van der Waals surface area contributed by atoms with Gasteiger partial charge in [-0.2, -0.15) is 5.11 Å². The molecule has 1 N–H and O–H groups in total. The molecule has 30 heavy (non-hydrogen) atoms. The van der Waals surface area contributed by atoms with E-state index >= 15 is 0 Å². The standard InChI is InChI=1S/C19H13F5N2O4/c1-3-30-19(29)18(28)16(26-25-9-6-4-8(2)5-7-9)17(27)10-11(20)13(22)15(24)14(23)12(10)21/h4-7,27H,3H2,1-2H3/b17-16-,26-25?. The van der Waals surface area contributed by atoms with Gasteiger partial charge in [-0.1, -0.05) is 17.7 Å². The number of hydrogen-bond donors (Lipinski definition) is 1. The van der Waals surface area contributed by atoms with Crippen molar-refractivity contribution >= 4 is 23.2 Å². The van der Waals surface area contributed by atoms with Gasteiger partial charge < -0.3 is 9.84 Å². The average molecular weight is 428 g/mol. The fourth-order valence-corrected chi connectivity index (χ4v) is 2.14. The lowest BCUT2D eigenvalue weighted by atomic mass is 10.1. The van der Waals surface area contributed by atoms with Crippen molar-refractivity contribution in [1.82, 2.24) is 0 Å². The number of aliphatic hydroxyl groups is 1. The number of azo groups is 1. The normalized spacial score (nSPS) is 12.1. The number of ether oxygens (including phenoxy) is 1. The van der Waals surface area contributed by atoms with Gasteiger partial charge in [0.1, 0.15) is 0 Å². The monoisotopic (exact) mass is 428 g/mol. The number of aliphatic hydroxyl groups excluding tert-OH is 1. The molecule has 0 aliphatic carbocycles. The van der Waals surface area contributed by atoms with Gasteiger partial charge in [0.25, 0.3) is 5.78 Å². The van der Waals surface area contributed by atoms with E-state index in [1.54, 1.807) is 19.1 Å². The highest BCUT2D eigenvalue weighted by Crippen LogP contribution is 2.30. The molecule has 0 amide bonds. The number of esters is 1. The van der Waals surface area contributed by atoms with Gasteiger partial charge in [0.05, 0.1) is 17.9 Å². The molecule has 0 unspecified atom stereocenters. The van der Waals surface area contributed by atoms with Gasteiger partial charge in [0.2, 0.25) is 5.82 Å². The van der Waals surface area contributed by atoms with E-state index in [0.717, 1.165) is 5.56 Å². The van der Waals surface area contributed by atoms with Crippen molar-refractivity contribution in [3.05, 3.63) is 70.2 Å². The number of carbonyl (C=O) groups is 2. The Labute approximate surface area is 166 Å². The summed E-state index contributed by atoms with van der Waals surface area (Å²) in [7, 11) is 0. The van der Waals surface area contributed by atoms with Gasteiger partial charge in [0, 0.05) is 0 Å². The Morgan fingerprint density at radius 2 is 1.43 bits per heavy atom. The first-order chi connectivity index (χ1) is 14.1. The summed E-state index contributed by atoms with van der Waals surface area (Å²) in [5.74, 6) is -17.1. The predicted octanol–water partition coefficient (Wildman–Crippen LogP) is 4.83. The molecule has 11 heteroatoms. The van der Waals surface area contributed by atoms with Crippen molar-refractivity contribution in [2.24, 2.45) is 10.2 Å². The van der Waals surface area contributed by atoms with Gasteiger partial charge in [0.15, 0.2) is 34.7 Å². The van der Waals surface area contributed by atoms with Gasteiger partial charge in [-0.05, 0) is 26.0 Å². The Morgan fingerprint density at radius 1 is 0.933 bits per heavy atom. The first kappa shape index (κ1) is 22.7. The molecule has 0 atom stereocenters. The number of benzene rings is 2. The van der Waals surface area contributed by atoms with Crippen LogP contribution in [0.4, 0.5) is 27.6 Å². The van der Waals surface area contributed by atoms with Crippen LogP contribution in [0.5, 0.6) is 0 Å². The Morgan fingerprint density at radius 3 is 1.93 bits per heavy atom. The van der Waals surface area contributed by atoms with Crippen LogP contribution >= 0.6 is 0 Å². The number of halogens is 5. The first-order valence-electron chi connectivity index (χ1n) is 8.25. The molecule has 0 aliphatic heterocycles. The number of ketones is 1. The third kappa shape index (κ3) is 4.50. The number of rotatable bonds is 6. The molecule has 0 fully saturated rings. The minimum atomic E-state index is -2.47. The van der Waals surface area contributed by atoms with E-state index in [2.05, 4.69) is 15.0 Å². The van der Waals surface area contributed by atoms with Crippen molar-refractivity contribution in [3.63, 3.8) is 0 Å². The summed E-state index contributed by atoms with van der Waals surface area (Å²) in [6.45, 7) is 2.81. The van der Waals surface area contributed by atoms with Crippen LogP contribution in [-0.4, -0.2) is 23.5 Å². The second-order valence-electron chi connectivity index (χ2n) is 5.73. The molecule has 0 aliphatic rings. The maximum atomic E-state index is 14.0. The molecular formula is C19H13F5N2O4. The van der Waals surface area contributed by atoms with E-state index in [0.29, 0.717) is 0 Å². The molecule has 2 aromatic rings. The zero-order valence-corrected chi connectivity index (χ0v) is 15.5. The number of hydrogen-bond acceptors (Lipinski definition) is 6. The quantitative estimate of drug-likeness (QED) is 0.104. The number of nitrogens with zero attached hydrogens (tertiary/aromatic N) is 2. The average Bonchev–Trinajstić information content (AvgIpc) is 2.72. The van der Waals surface area contributed by atoms with E-state index in [1.165, 1.54) is 19.1 Å². The largest absolute Gasteiger partial charge is 0.505 e. The first-order valence-corrected chi connectivity index (χ1v) is 8.25. The Bertz CT molecular complexity index is 1040. The second-order valence-corrected chi connectivity index (χ2v) is 5.73. The van der Waals surface area contributed by atoms with Crippen molar-refractivity contribution in [3.8, 4) is 0 Å². The lowest BCUT2D eigenvalue weighted by Crippen LogP contribution is -2.20. The van der Waals surface area contributed by atoms with Gasteiger partial charge in [-0.25, -0.2) is 26.7 Å². The summed E-state index contributed by atoms with van der Waals surface area (Å²) in [4.78, 5) is 23.9. The molecule has 0 saturated heterocycles. The molecule has 0 spiro atoms. The molecule has 0 saturated carbocycles. The van der Waals surface area contributed by atoms with Gasteiger partial charge >= 0.3 is 5.97 Å². The topological polar surface area (TPSA) is 88.3 Å². The highest BCUT2D eigenvalue weighted by molar-refractivity contribution is 6.41. The van der Waals surface area contributed by atoms with Gasteiger partial charge in [-0.3, -0.25) is 4.79 Å². The maximum Gasteiger partial charge on any atom is 0.381 e. The van der Waals surface area contributed by atoms with Crippen molar-refractivity contribution in [2.75, 3.05) is 6.61 Å². The zero-order chi connectivity index (χ0) is 22.6. The summed E-state index contributed by atoms with van der Waals surface area (Å²) >= 11 is 0. The lowest BCUT2D eigenvalue weighted by molar-refractivity contribution is -0.151. The summed E-state index contributed by atoms with van der Waals surface area (Å²) in [6, 6.07) is 6.02. The number of Topliss-reactive ketones (excluding diaryl/α,β-unsaturated/α-hetero) is 1. The third-order valence-electron chi connectivity index (χ3n) is 3.65. The number of carbonyl (C=O) groups excluding carboxylic acids is 2. The zero-order valence-electron chi connectivity index (χ0n) is 15.5. The molecule has 6 nitrogen and oxygen atoms in total. The van der Waals surface area contributed by atoms with E-state index in [4.69, 9.17) is 0 Å². The minimum absolute atomic E-state index is 0.0972. The van der Waals surface area contributed by atoms with Crippen LogP contribution in [0.15, 0.2) is 40.2 Å². The van der Waals surface area contributed by atoms with Crippen LogP contribution in [0.1, 0.15) is 18.1 Å². The lowest BCUT2D eigenvalue weighted by Gasteiger charge is -2.09. The Hall–Kier alpha value is -3.63. The van der Waals surface area contributed by atoms with Crippen molar-refractivity contribution < 1.29 is 41.4 Å². The second kappa shape index (κ2) is 9.25. The van der Waals surface area contributed by atoms with Crippen molar-refractivity contribution in [1.29, 1.82) is 0 Å². The van der Waals surface area contributed by atoms with Crippen LogP contribution < -0.4 is 0 Å². The van der Waals surface area contributed by atoms with Crippen molar-refractivity contribution in [2.45, 2.75) is 13.8 Å². The molecule has 2 aromatic carbocycles. The molecule has 0 bridgehead atoms. The fourth-order valence-electron chi connectivity index (χ4n) is 2.14.